The predicted molar refractivity (Wildman–Crippen MR) is 104 cm³/mol. The zero-order chi connectivity index (χ0) is 17.3. The average Bonchev–Trinajstić information content (AvgIpc) is 2.46. The molecule has 1 unspecified atom stereocenters. The molecule has 1 N–H and O–H groups in total. The van der Waals surface area contributed by atoms with Gasteiger partial charge in [0, 0.05) is 11.6 Å². The van der Waals surface area contributed by atoms with Crippen LogP contribution in [0.5, 0.6) is 0 Å². The van der Waals surface area contributed by atoms with Crippen molar-refractivity contribution < 1.29 is 0 Å². The first kappa shape index (κ1) is 20.2. The number of hydrogen-bond acceptors (Lipinski definition) is 1. The molecule has 1 rings (SSSR count). The molecule has 132 valence electrons. The fourth-order valence-corrected chi connectivity index (χ4v) is 3.94. The van der Waals surface area contributed by atoms with Gasteiger partial charge in [-0.25, -0.2) is 0 Å². The molecule has 1 atom stereocenters. The number of nitrogens with one attached hydrogen (secondary N) is 1. The number of unbranched alkanes of at least 4 members (excludes halogenated alkanes) is 4. The van der Waals surface area contributed by atoms with Crippen molar-refractivity contribution in [1.29, 1.82) is 0 Å². The van der Waals surface area contributed by atoms with Crippen LogP contribution in [0.25, 0.3) is 0 Å². The fourth-order valence-electron chi connectivity index (χ4n) is 3.94. The lowest BCUT2D eigenvalue weighted by Gasteiger charge is -2.38. The Morgan fingerprint density at radius 2 is 1.52 bits per heavy atom. The van der Waals surface area contributed by atoms with Crippen molar-refractivity contribution >= 4 is 0 Å². The van der Waals surface area contributed by atoms with E-state index in [1.54, 1.807) is 0 Å². The Morgan fingerprint density at radius 3 is 2.13 bits per heavy atom. The molecule has 0 aromatic heterocycles. The highest BCUT2D eigenvalue weighted by atomic mass is 15.0. The number of rotatable bonds is 11. The molecule has 0 saturated heterocycles. The molecule has 1 heteroatoms. The summed E-state index contributed by atoms with van der Waals surface area (Å²) in [6.45, 7) is 14.1. The summed E-state index contributed by atoms with van der Waals surface area (Å²) in [7, 11) is 0. The molecule has 23 heavy (non-hydrogen) atoms. The lowest BCUT2D eigenvalue weighted by atomic mass is 9.75. The van der Waals surface area contributed by atoms with Gasteiger partial charge in [0.25, 0.3) is 0 Å². The highest BCUT2D eigenvalue weighted by Crippen LogP contribution is 2.32. The zero-order valence-electron chi connectivity index (χ0n) is 16.4. The molecule has 1 aromatic rings. The van der Waals surface area contributed by atoms with Gasteiger partial charge in [0.15, 0.2) is 0 Å². The van der Waals surface area contributed by atoms with E-state index < -0.39 is 0 Å². The van der Waals surface area contributed by atoms with Gasteiger partial charge in [0.1, 0.15) is 0 Å². The quantitative estimate of drug-likeness (QED) is 0.461. The van der Waals surface area contributed by atoms with E-state index in [4.69, 9.17) is 0 Å². The van der Waals surface area contributed by atoms with Crippen molar-refractivity contribution in [2.75, 3.05) is 0 Å². The molecule has 0 radical (unpaired) electrons. The van der Waals surface area contributed by atoms with Crippen LogP contribution in [0.2, 0.25) is 0 Å². The maximum Gasteiger partial charge on any atom is 0.0135 e. The summed E-state index contributed by atoms with van der Waals surface area (Å²) >= 11 is 0. The van der Waals surface area contributed by atoms with Crippen molar-refractivity contribution in [3.8, 4) is 0 Å². The van der Waals surface area contributed by atoms with Crippen LogP contribution in [-0.4, -0.2) is 11.6 Å². The van der Waals surface area contributed by atoms with Crippen LogP contribution >= 0.6 is 0 Å². The van der Waals surface area contributed by atoms with E-state index in [-0.39, 0.29) is 11.0 Å². The molecular weight excluding hydrogens is 278 g/mol. The van der Waals surface area contributed by atoms with Crippen LogP contribution in [0.3, 0.4) is 0 Å². The maximum atomic E-state index is 3.87. The lowest BCUT2D eigenvalue weighted by Crippen LogP contribution is -2.48. The van der Waals surface area contributed by atoms with E-state index in [9.17, 15) is 0 Å². The summed E-state index contributed by atoms with van der Waals surface area (Å²) < 4.78 is 0. The summed E-state index contributed by atoms with van der Waals surface area (Å²) in [6.07, 6.45) is 9.28. The van der Waals surface area contributed by atoms with Crippen molar-refractivity contribution in [3.63, 3.8) is 0 Å². The van der Waals surface area contributed by atoms with Crippen LogP contribution in [0.1, 0.15) is 92.1 Å². The Bertz CT molecular complexity index is 419. The first-order valence-corrected chi connectivity index (χ1v) is 9.60. The zero-order valence-corrected chi connectivity index (χ0v) is 16.4. The first-order chi connectivity index (χ1) is 10.8. The molecule has 0 heterocycles. The van der Waals surface area contributed by atoms with Gasteiger partial charge in [-0.3, -0.25) is 0 Å². The minimum atomic E-state index is 0.155. The minimum absolute atomic E-state index is 0.155. The third-order valence-electron chi connectivity index (χ3n) is 4.82. The van der Waals surface area contributed by atoms with Gasteiger partial charge in [-0.2, -0.15) is 0 Å². The van der Waals surface area contributed by atoms with Crippen molar-refractivity contribution in [2.45, 2.75) is 103 Å². The second kappa shape index (κ2) is 9.47. The summed E-state index contributed by atoms with van der Waals surface area (Å²) in [5.41, 5.74) is 1.78. The molecule has 0 aliphatic rings. The molecule has 0 amide bonds. The second-order valence-electron chi connectivity index (χ2n) is 8.56. The summed E-state index contributed by atoms with van der Waals surface area (Å²) in [5.74, 6) is 0. The van der Waals surface area contributed by atoms with E-state index in [1.807, 2.05) is 0 Å². The third-order valence-corrected chi connectivity index (χ3v) is 4.82. The molecule has 0 fully saturated rings. The molecule has 0 aliphatic heterocycles. The Morgan fingerprint density at radius 1 is 0.913 bits per heavy atom. The molecule has 0 spiro atoms. The topological polar surface area (TPSA) is 12.0 Å². The molecule has 0 aliphatic carbocycles. The van der Waals surface area contributed by atoms with Gasteiger partial charge >= 0.3 is 0 Å². The smallest absolute Gasteiger partial charge is 0.0135 e. The lowest BCUT2D eigenvalue weighted by molar-refractivity contribution is 0.257. The monoisotopic (exact) mass is 317 g/mol. The van der Waals surface area contributed by atoms with E-state index in [1.165, 1.54) is 44.1 Å². The van der Waals surface area contributed by atoms with Crippen molar-refractivity contribution in [1.82, 2.24) is 5.32 Å². The van der Waals surface area contributed by atoms with Gasteiger partial charge in [0.2, 0.25) is 0 Å². The first-order valence-electron chi connectivity index (χ1n) is 9.60. The SMILES string of the molecule is CCCCCCCC(C)NC(C)(C)CC(C)(C)c1ccccc1. The number of hydrogen-bond donors (Lipinski definition) is 1. The standard InChI is InChI=1S/C22H39N/c1-7-8-9-10-12-15-19(2)23-22(5,6)18-21(3,4)20-16-13-11-14-17-20/h11,13-14,16-17,19,23H,7-10,12,15,18H2,1-6H3. The minimum Gasteiger partial charge on any atom is -0.309 e. The highest BCUT2D eigenvalue weighted by Gasteiger charge is 2.30. The summed E-state index contributed by atoms with van der Waals surface area (Å²) in [4.78, 5) is 0. The Hall–Kier alpha value is -0.820. The van der Waals surface area contributed by atoms with Gasteiger partial charge < -0.3 is 5.32 Å². The Labute approximate surface area is 145 Å². The summed E-state index contributed by atoms with van der Waals surface area (Å²) in [5, 5.41) is 3.87. The number of benzene rings is 1. The van der Waals surface area contributed by atoms with Crippen LogP contribution in [0, 0.1) is 0 Å². The summed E-state index contributed by atoms with van der Waals surface area (Å²) in [6, 6.07) is 11.5. The van der Waals surface area contributed by atoms with Crippen LogP contribution in [-0.2, 0) is 5.41 Å². The molecule has 0 bridgehead atoms. The van der Waals surface area contributed by atoms with E-state index >= 15 is 0 Å². The van der Waals surface area contributed by atoms with Crippen molar-refractivity contribution in [3.05, 3.63) is 35.9 Å². The fraction of sp³-hybridized carbons (Fsp3) is 0.727. The molecular formula is C22H39N. The van der Waals surface area contributed by atoms with Gasteiger partial charge in [-0.15, -0.1) is 0 Å². The molecule has 0 saturated carbocycles. The molecule has 1 nitrogen and oxygen atoms in total. The third kappa shape index (κ3) is 8.01. The molecule has 1 aromatic carbocycles. The van der Waals surface area contributed by atoms with Crippen LogP contribution in [0.15, 0.2) is 30.3 Å². The van der Waals surface area contributed by atoms with Crippen LogP contribution < -0.4 is 5.32 Å². The maximum absolute atomic E-state index is 3.87. The van der Waals surface area contributed by atoms with E-state index in [0.29, 0.717) is 6.04 Å². The van der Waals surface area contributed by atoms with Gasteiger partial charge in [-0.05, 0) is 44.6 Å². The Kier molecular flexibility index (Phi) is 8.33. The highest BCUT2D eigenvalue weighted by molar-refractivity contribution is 5.24. The predicted octanol–water partition coefficient (Wildman–Crippen LogP) is 6.47. The van der Waals surface area contributed by atoms with Crippen molar-refractivity contribution in [2.24, 2.45) is 0 Å². The normalized spacial score (nSPS) is 14.0. The Balaban J connectivity index is 2.45. The van der Waals surface area contributed by atoms with Gasteiger partial charge in [0.05, 0.1) is 0 Å². The second-order valence-corrected chi connectivity index (χ2v) is 8.56. The average molecular weight is 318 g/mol. The van der Waals surface area contributed by atoms with E-state index in [0.717, 1.165) is 6.42 Å². The largest absolute Gasteiger partial charge is 0.309 e. The van der Waals surface area contributed by atoms with E-state index in [2.05, 4.69) is 77.2 Å². The van der Waals surface area contributed by atoms with Crippen LogP contribution in [0.4, 0.5) is 0 Å². The van der Waals surface area contributed by atoms with Gasteiger partial charge in [-0.1, -0.05) is 83.2 Å².